The first-order chi connectivity index (χ1) is 6.69. The van der Waals surface area contributed by atoms with Crippen LogP contribution in [-0.4, -0.2) is 30.7 Å². The number of hydrogen-bond acceptors (Lipinski definition) is 4. The van der Waals surface area contributed by atoms with E-state index in [9.17, 15) is 0 Å². The first-order valence-electron chi connectivity index (χ1n) is 3.90. The van der Waals surface area contributed by atoms with E-state index in [1.807, 2.05) is 7.05 Å². The molecule has 0 amide bonds. The highest BCUT2D eigenvalue weighted by molar-refractivity contribution is 9.10. The number of ether oxygens (including phenoxy) is 1. The molecule has 0 N–H and O–H groups in total. The molecule has 1 heterocycles. The summed E-state index contributed by atoms with van der Waals surface area (Å²) in [6, 6.07) is 0. The van der Waals surface area contributed by atoms with Gasteiger partial charge in [-0.2, -0.15) is 4.98 Å². The average molecular weight is 256 g/mol. The van der Waals surface area contributed by atoms with Crippen LogP contribution in [0.1, 0.15) is 0 Å². The third-order valence-electron chi connectivity index (χ3n) is 1.56. The summed E-state index contributed by atoms with van der Waals surface area (Å²) in [5.41, 5.74) is 0. The van der Waals surface area contributed by atoms with Gasteiger partial charge in [0.1, 0.15) is 0 Å². The summed E-state index contributed by atoms with van der Waals surface area (Å²) in [4.78, 5) is 10.0. The third kappa shape index (κ3) is 2.36. The van der Waals surface area contributed by atoms with E-state index >= 15 is 0 Å². The molecule has 0 radical (unpaired) electrons. The van der Waals surface area contributed by atoms with E-state index in [0.717, 1.165) is 4.47 Å². The van der Waals surface area contributed by atoms with E-state index < -0.39 is 0 Å². The number of anilines is 1. The lowest BCUT2D eigenvalue weighted by molar-refractivity contribution is 0.394. The molecule has 0 spiro atoms. The fourth-order valence-corrected chi connectivity index (χ4v) is 1.23. The number of aromatic nitrogens is 2. The lowest BCUT2D eigenvalue weighted by Gasteiger charge is -2.14. The molecule has 0 aromatic carbocycles. The van der Waals surface area contributed by atoms with Gasteiger partial charge in [0.2, 0.25) is 11.8 Å². The molecule has 1 aromatic rings. The van der Waals surface area contributed by atoms with E-state index in [1.165, 1.54) is 0 Å². The van der Waals surface area contributed by atoms with Gasteiger partial charge in [-0.25, -0.2) is 4.98 Å². The van der Waals surface area contributed by atoms with Crippen molar-refractivity contribution in [3.63, 3.8) is 0 Å². The van der Waals surface area contributed by atoms with Crippen molar-refractivity contribution >= 4 is 21.9 Å². The van der Waals surface area contributed by atoms with Crippen LogP contribution in [-0.2, 0) is 0 Å². The molecule has 0 unspecified atom stereocenters. The van der Waals surface area contributed by atoms with Crippen LogP contribution in [0, 0.1) is 12.3 Å². The molecule has 0 saturated heterocycles. The first-order valence-corrected chi connectivity index (χ1v) is 4.69. The van der Waals surface area contributed by atoms with Gasteiger partial charge in [0, 0.05) is 7.05 Å². The molecule has 0 aliphatic rings. The van der Waals surface area contributed by atoms with Crippen molar-refractivity contribution in [1.29, 1.82) is 0 Å². The van der Waals surface area contributed by atoms with Crippen LogP contribution in [0.25, 0.3) is 0 Å². The minimum atomic E-state index is 0.463. The molecule has 0 bridgehead atoms. The number of methoxy groups -OCH3 is 1. The predicted octanol–water partition coefficient (Wildman–Crippen LogP) is 1.32. The van der Waals surface area contributed by atoms with Crippen molar-refractivity contribution < 1.29 is 4.74 Å². The van der Waals surface area contributed by atoms with E-state index in [-0.39, 0.29) is 0 Å². The Labute approximate surface area is 91.4 Å². The Balaban J connectivity index is 2.95. The van der Waals surface area contributed by atoms with Crippen LogP contribution < -0.4 is 9.64 Å². The van der Waals surface area contributed by atoms with Crippen LogP contribution in [0.2, 0.25) is 0 Å². The fourth-order valence-electron chi connectivity index (χ4n) is 0.877. The van der Waals surface area contributed by atoms with Crippen molar-refractivity contribution in [2.45, 2.75) is 0 Å². The fraction of sp³-hybridized carbons (Fsp3) is 0.333. The quantitative estimate of drug-likeness (QED) is 0.764. The molecule has 0 saturated carbocycles. The maximum absolute atomic E-state index is 5.18. The first kappa shape index (κ1) is 10.8. The minimum Gasteiger partial charge on any atom is -0.480 e. The molecular formula is C9H10BrN3O. The van der Waals surface area contributed by atoms with Crippen LogP contribution in [0.3, 0.4) is 0 Å². The van der Waals surface area contributed by atoms with E-state index in [2.05, 4.69) is 31.8 Å². The van der Waals surface area contributed by atoms with Gasteiger partial charge < -0.3 is 9.64 Å². The summed E-state index contributed by atoms with van der Waals surface area (Å²) in [6.07, 6.45) is 6.81. The van der Waals surface area contributed by atoms with Crippen molar-refractivity contribution in [3.8, 4) is 18.2 Å². The molecule has 1 rings (SSSR count). The van der Waals surface area contributed by atoms with Gasteiger partial charge in [0.05, 0.1) is 24.3 Å². The van der Waals surface area contributed by atoms with Crippen molar-refractivity contribution in [2.75, 3.05) is 25.6 Å². The molecule has 0 aliphatic heterocycles. The highest BCUT2D eigenvalue weighted by Gasteiger charge is 2.07. The van der Waals surface area contributed by atoms with Crippen LogP contribution in [0.15, 0.2) is 10.7 Å². The molecule has 14 heavy (non-hydrogen) atoms. The van der Waals surface area contributed by atoms with E-state index in [4.69, 9.17) is 11.2 Å². The largest absolute Gasteiger partial charge is 0.480 e. The van der Waals surface area contributed by atoms with Gasteiger partial charge in [0.25, 0.3) is 0 Å². The summed E-state index contributed by atoms with van der Waals surface area (Å²) in [7, 11) is 3.38. The Bertz CT molecular complexity index is 362. The van der Waals surface area contributed by atoms with E-state index in [1.54, 1.807) is 18.2 Å². The second-order valence-electron chi connectivity index (χ2n) is 2.59. The summed E-state index contributed by atoms with van der Waals surface area (Å²) < 4.78 is 5.76. The molecular weight excluding hydrogens is 246 g/mol. The Morgan fingerprint density at radius 3 is 3.00 bits per heavy atom. The Kier molecular flexibility index (Phi) is 3.72. The second-order valence-corrected chi connectivity index (χ2v) is 3.44. The molecule has 4 nitrogen and oxygen atoms in total. The third-order valence-corrected chi connectivity index (χ3v) is 2.11. The SMILES string of the molecule is C#CCN(C)c1ncc(Br)c(OC)n1. The standard InChI is InChI=1S/C9H10BrN3O/c1-4-5-13(2)9-11-6-7(10)8(12-9)14-3/h1,6H,5H2,2-3H3. The number of nitrogens with zero attached hydrogens (tertiary/aromatic N) is 3. The van der Waals surface area contributed by atoms with Gasteiger partial charge in [-0.1, -0.05) is 5.92 Å². The smallest absolute Gasteiger partial charge is 0.232 e. The van der Waals surface area contributed by atoms with Gasteiger partial charge in [-0.05, 0) is 15.9 Å². The molecule has 1 aromatic heterocycles. The number of terminal acetylenes is 1. The maximum Gasteiger partial charge on any atom is 0.232 e. The Morgan fingerprint density at radius 1 is 1.71 bits per heavy atom. The number of halogens is 1. The van der Waals surface area contributed by atoms with Crippen LogP contribution in [0.4, 0.5) is 5.95 Å². The van der Waals surface area contributed by atoms with Crippen LogP contribution >= 0.6 is 15.9 Å². The van der Waals surface area contributed by atoms with Crippen molar-refractivity contribution in [2.24, 2.45) is 0 Å². The zero-order valence-corrected chi connectivity index (χ0v) is 9.58. The molecule has 5 heteroatoms. The highest BCUT2D eigenvalue weighted by atomic mass is 79.9. The summed E-state index contributed by atoms with van der Waals surface area (Å²) in [6.45, 7) is 0.463. The number of hydrogen-bond donors (Lipinski definition) is 0. The molecule has 0 aliphatic carbocycles. The molecule has 0 fully saturated rings. The summed E-state index contributed by atoms with van der Waals surface area (Å²) in [5.74, 6) is 3.55. The van der Waals surface area contributed by atoms with Gasteiger partial charge in [0.15, 0.2) is 0 Å². The van der Waals surface area contributed by atoms with Gasteiger partial charge in [-0.15, -0.1) is 6.42 Å². The van der Waals surface area contributed by atoms with Crippen molar-refractivity contribution in [1.82, 2.24) is 9.97 Å². The molecule has 74 valence electrons. The summed E-state index contributed by atoms with van der Waals surface area (Å²) in [5, 5.41) is 0. The number of rotatable bonds is 3. The molecule has 0 atom stereocenters. The monoisotopic (exact) mass is 255 g/mol. The zero-order valence-electron chi connectivity index (χ0n) is 7.99. The topological polar surface area (TPSA) is 38.2 Å². The predicted molar refractivity (Wildman–Crippen MR) is 58.4 cm³/mol. The second kappa shape index (κ2) is 4.82. The van der Waals surface area contributed by atoms with Gasteiger partial charge >= 0.3 is 0 Å². The Morgan fingerprint density at radius 2 is 2.43 bits per heavy atom. The highest BCUT2D eigenvalue weighted by Crippen LogP contribution is 2.22. The lowest BCUT2D eigenvalue weighted by atomic mass is 10.5. The lowest BCUT2D eigenvalue weighted by Crippen LogP contribution is -2.19. The normalized spacial score (nSPS) is 9.29. The van der Waals surface area contributed by atoms with Crippen LogP contribution in [0.5, 0.6) is 5.88 Å². The average Bonchev–Trinajstić information content (AvgIpc) is 2.19. The minimum absolute atomic E-state index is 0.463. The Hall–Kier alpha value is -1.28. The van der Waals surface area contributed by atoms with Gasteiger partial charge in [-0.3, -0.25) is 0 Å². The zero-order chi connectivity index (χ0) is 10.6. The maximum atomic E-state index is 5.18. The summed E-state index contributed by atoms with van der Waals surface area (Å²) >= 11 is 3.27. The van der Waals surface area contributed by atoms with Crippen molar-refractivity contribution in [3.05, 3.63) is 10.7 Å². The van der Waals surface area contributed by atoms with E-state index in [0.29, 0.717) is 18.4 Å².